The van der Waals surface area contributed by atoms with Gasteiger partial charge in [0.25, 0.3) is 0 Å². The zero-order valence-corrected chi connectivity index (χ0v) is 8.19. The fourth-order valence-corrected chi connectivity index (χ4v) is 0.179. The molecule has 0 aromatic rings. The number of hydrogen-bond donors (Lipinski definition) is 5. The summed E-state index contributed by atoms with van der Waals surface area (Å²) in [5, 5.41) is 27.5. The van der Waals surface area contributed by atoms with E-state index in [1.165, 1.54) is 0 Å². The first-order chi connectivity index (χ1) is 5.91. The number of hydrogen-bond acceptors (Lipinski definition) is 5. The first kappa shape index (κ1) is 18.4. The first-order valence-corrected chi connectivity index (χ1v) is 3.45. The number of primary amides is 1. The fraction of sp³-hybridized carbons (Fsp3) is 0.667. The summed E-state index contributed by atoms with van der Waals surface area (Å²) in [7, 11) is 0. The quantitative estimate of drug-likeness (QED) is 0.337. The largest absolute Gasteiger partial charge is 0.547 e. The van der Waals surface area contributed by atoms with Crippen molar-refractivity contribution in [1.82, 2.24) is 11.5 Å². The van der Waals surface area contributed by atoms with Gasteiger partial charge in [0.05, 0.1) is 18.7 Å². The summed E-state index contributed by atoms with van der Waals surface area (Å²) in [4.78, 5) is 19.1. The topological polar surface area (TPSA) is 172 Å². The van der Waals surface area contributed by atoms with Gasteiger partial charge in [0.2, 0.25) is 0 Å². The van der Waals surface area contributed by atoms with Gasteiger partial charge in [-0.2, -0.15) is 0 Å². The highest BCUT2D eigenvalue weighted by Crippen LogP contribution is 1.69. The van der Waals surface area contributed by atoms with Crippen LogP contribution in [0.1, 0.15) is 6.92 Å². The number of amides is 2. The molecule has 86 valence electrons. The SMILES string of the molecule is CC(O)C(=O)[O-].NC(=O)NCCO.[NH4+]. The molecule has 0 rings (SSSR count). The lowest BCUT2D eigenvalue weighted by atomic mass is 10.4. The highest BCUT2D eigenvalue weighted by atomic mass is 16.4. The summed E-state index contributed by atoms with van der Waals surface area (Å²) < 4.78 is 0. The Bertz CT molecular complexity index is 162. The summed E-state index contributed by atoms with van der Waals surface area (Å²) in [5.41, 5.74) is 4.62. The van der Waals surface area contributed by atoms with Crippen LogP contribution >= 0.6 is 0 Å². The molecule has 9 N–H and O–H groups in total. The fourth-order valence-electron chi connectivity index (χ4n) is 0.179. The van der Waals surface area contributed by atoms with E-state index in [0.29, 0.717) is 0 Å². The van der Waals surface area contributed by atoms with Crippen molar-refractivity contribution < 1.29 is 24.9 Å². The van der Waals surface area contributed by atoms with Crippen LogP contribution in [-0.2, 0) is 4.79 Å². The Labute approximate surface area is 81.3 Å². The highest BCUT2D eigenvalue weighted by molar-refractivity contribution is 5.71. The lowest BCUT2D eigenvalue weighted by molar-refractivity contribution is -0.314. The average molecular weight is 211 g/mol. The minimum absolute atomic E-state index is 0. The van der Waals surface area contributed by atoms with Gasteiger partial charge >= 0.3 is 6.03 Å². The Morgan fingerprint density at radius 3 is 2.00 bits per heavy atom. The number of nitrogens with one attached hydrogen (secondary N) is 1. The number of carbonyl (C=O) groups is 2. The molecular formula is C6H17N3O5. The number of aliphatic hydroxyl groups is 2. The summed E-state index contributed by atoms with van der Waals surface area (Å²) in [6.45, 7) is 1.30. The number of carboxylic acid groups (broad SMARTS) is 1. The van der Waals surface area contributed by atoms with E-state index in [1.54, 1.807) is 0 Å². The lowest BCUT2D eigenvalue weighted by Gasteiger charge is -2.00. The second-order valence-corrected chi connectivity index (χ2v) is 2.01. The zero-order valence-electron chi connectivity index (χ0n) is 8.19. The van der Waals surface area contributed by atoms with Crippen LogP contribution in [0.2, 0.25) is 0 Å². The van der Waals surface area contributed by atoms with Crippen LogP contribution in [0.15, 0.2) is 0 Å². The first-order valence-electron chi connectivity index (χ1n) is 3.45. The van der Waals surface area contributed by atoms with Crippen molar-refractivity contribution >= 4 is 12.0 Å². The van der Waals surface area contributed by atoms with E-state index in [-0.39, 0.29) is 19.3 Å². The predicted molar refractivity (Wildman–Crippen MR) is 47.3 cm³/mol. The van der Waals surface area contributed by atoms with E-state index in [4.69, 9.17) is 10.2 Å². The summed E-state index contributed by atoms with van der Waals surface area (Å²) in [6.07, 6.45) is -1.34. The van der Waals surface area contributed by atoms with Crippen LogP contribution in [-0.4, -0.2) is 41.5 Å². The molecule has 0 fully saturated rings. The molecule has 0 saturated heterocycles. The van der Waals surface area contributed by atoms with E-state index in [9.17, 15) is 14.7 Å². The van der Waals surface area contributed by atoms with Crippen molar-refractivity contribution in [2.75, 3.05) is 13.2 Å². The van der Waals surface area contributed by atoms with E-state index in [1.807, 2.05) is 0 Å². The molecular weight excluding hydrogens is 194 g/mol. The highest BCUT2D eigenvalue weighted by Gasteiger charge is 1.89. The van der Waals surface area contributed by atoms with Crippen molar-refractivity contribution in [2.45, 2.75) is 13.0 Å². The minimum atomic E-state index is -1.44. The van der Waals surface area contributed by atoms with E-state index >= 15 is 0 Å². The molecule has 0 bridgehead atoms. The van der Waals surface area contributed by atoms with Gasteiger partial charge in [-0.15, -0.1) is 0 Å². The number of carbonyl (C=O) groups excluding carboxylic acids is 2. The number of nitrogens with two attached hydrogens (primary N) is 1. The number of aliphatic hydroxyl groups excluding tert-OH is 2. The monoisotopic (exact) mass is 211 g/mol. The summed E-state index contributed by atoms with van der Waals surface area (Å²) >= 11 is 0. The van der Waals surface area contributed by atoms with Crippen molar-refractivity contribution in [1.29, 1.82) is 0 Å². The standard InChI is InChI=1S/C3H8N2O2.C3H6O3.H3N/c4-3(7)5-1-2-6;1-2(4)3(5)6;/h6H,1-2H2,(H3,4,5,7);2,4H,1H3,(H,5,6);1H3. The van der Waals surface area contributed by atoms with Crippen LogP contribution in [0, 0.1) is 0 Å². The normalized spacial score (nSPS) is 9.93. The number of quaternary nitrogens is 1. The van der Waals surface area contributed by atoms with Crippen LogP contribution in [0.25, 0.3) is 0 Å². The third-order valence-electron chi connectivity index (χ3n) is 0.752. The molecule has 14 heavy (non-hydrogen) atoms. The number of aliphatic carboxylic acids is 1. The second-order valence-electron chi connectivity index (χ2n) is 2.01. The molecule has 1 atom stereocenters. The Morgan fingerprint density at radius 1 is 1.57 bits per heavy atom. The second kappa shape index (κ2) is 11.6. The molecule has 0 radical (unpaired) electrons. The maximum atomic E-state index is 9.76. The van der Waals surface area contributed by atoms with Gasteiger partial charge in [0.1, 0.15) is 0 Å². The van der Waals surface area contributed by atoms with Gasteiger partial charge in [-0.3, -0.25) is 0 Å². The minimum Gasteiger partial charge on any atom is -0.547 e. The third kappa shape index (κ3) is 22.4. The van der Waals surface area contributed by atoms with Gasteiger partial charge < -0.3 is 37.3 Å². The average Bonchev–Trinajstić information content (AvgIpc) is 2.01. The molecule has 0 aromatic carbocycles. The van der Waals surface area contributed by atoms with Gasteiger partial charge in [0.15, 0.2) is 0 Å². The van der Waals surface area contributed by atoms with Crippen molar-refractivity contribution in [2.24, 2.45) is 5.73 Å². The van der Waals surface area contributed by atoms with Crippen molar-refractivity contribution in [3.8, 4) is 0 Å². The summed E-state index contributed by atoms with van der Waals surface area (Å²) in [6, 6.07) is -0.603. The molecule has 0 saturated carbocycles. The summed E-state index contributed by atoms with van der Waals surface area (Å²) in [5.74, 6) is -1.44. The van der Waals surface area contributed by atoms with Gasteiger partial charge in [-0.1, -0.05) is 0 Å². The smallest absolute Gasteiger partial charge is 0.312 e. The van der Waals surface area contributed by atoms with Gasteiger partial charge in [-0.25, -0.2) is 4.79 Å². The number of carboxylic acids is 1. The van der Waals surface area contributed by atoms with Crippen LogP contribution in [0.4, 0.5) is 4.79 Å². The van der Waals surface area contributed by atoms with Crippen LogP contribution in [0.5, 0.6) is 0 Å². The zero-order chi connectivity index (χ0) is 10.9. The van der Waals surface area contributed by atoms with Gasteiger partial charge in [-0.05, 0) is 6.92 Å². The molecule has 0 aliphatic rings. The molecule has 0 aliphatic carbocycles. The lowest BCUT2D eigenvalue weighted by Crippen LogP contribution is -2.32. The maximum Gasteiger partial charge on any atom is 0.312 e. The molecule has 0 aromatic heterocycles. The van der Waals surface area contributed by atoms with E-state index < -0.39 is 18.1 Å². The van der Waals surface area contributed by atoms with Crippen molar-refractivity contribution in [3.63, 3.8) is 0 Å². The molecule has 8 nitrogen and oxygen atoms in total. The molecule has 1 unspecified atom stereocenters. The third-order valence-corrected chi connectivity index (χ3v) is 0.752. The number of rotatable bonds is 3. The Kier molecular flexibility index (Phi) is 15.3. The molecule has 0 aliphatic heterocycles. The molecule has 8 heteroatoms. The van der Waals surface area contributed by atoms with Crippen LogP contribution in [0.3, 0.4) is 0 Å². The van der Waals surface area contributed by atoms with Gasteiger partial charge in [0, 0.05) is 6.54 Å². The van der Waals surface area contributed by atoms with Crippen molar-refractivity contribution in [3.05, 3.63) is 0 Å². The Balaban J connectivity index is -0.000000163. The molecule has 2 amide bonds. The predicted octanol–water partition coefficient (Wildman–Crippen LogP) is -2.86. The van der Waals surface area contributed by atoms with E-state index in [0.717, 1.165) is 6.92 Å². The maximum absolute atomic E-state index is 9.76. The van der Waals surface area contributed by atoms with E-state index in [2.05, 4.69) is 11.1 Å². The number of urea groups is 1. The Morgan fingerprint density at radius 2 is 1.93 bits per heavy atom. The molecule has 0 heterocycles. The Hall–Kier alpha value is -1.38. The molecule has 0 spiro atoms. The van der Waals surface area contributed by atoms with Crippen LogP contribution < -0.4 is 22.3 Å².